The third-order valence-electron chi connectivity index (χ3n) is 3.34. The van der Waals surface area contributed by atoms with Crippen LogP contribution in [-0.2, 0) is 16.6 Å². The predicted molar refractivity (Wildman–Crippen MR) is 91.8 cm³/mol. The fourth-order valence-corrected chi connectivity index (χ4v) is 3.64. The summed E-state index contributed by atoms with van der Waals surface area (Å²) in [5, 5.41) is 7.92. The summed E-state index contributed by atoms with van der Waals surface area (Å²) in [4.78, 5) is -0.0128. The van der Waals surface area contributed by atoms with Crippen molar-refractivity contribution in [3.8, 4) is 17.2 Å². The number of sulfonamides is 1. The largest absolute Gasteiger partial charge is 0.496 e. The van der Waals surface area contributed by atoms with Gasteiger partial charge < -0.3 is 9.15 Å². The second kappa shape index (κ2) is 7.22. The Labute approximate surface area is 149 Å². The Morgan fingerprint density at radius 1 is 1.12 bits per heavy atom. The van der Waals surface area contributed by atoms with Crippen LogP contribution in [0.2, 0.25) is 5.02 Å². The number of nitrogens with one attached hydrogen (secondary N) is 1. The molecular formula is C16H14ClN3O4S. The summed E-state index contributed by atoms with van der Waals surface area (Å²) < 4.78 is 37.7. The highest BCUT2D eigenvalue weighted by molar-refractivity contribution is 7.89. The van der Waals surface area contributed by atoms with Gasteiger partial charge in [0.2, 0.25) is 15.9 Å². The molecule has 0 radical (unpaired) electrons. The predicted octanol–water partition coefficient (Wildman–Crippen LogP) is 2.88. The molecule has 0 aliphatic heterocycles. The maximum Gasteiger partial charge on any atom is 0.251 e. The fraction of sp³-hybridized carbons (Fsp3) is 0.125. The van der Waals surface area contributed by atoms with Crippen LogP contribution < -0.4 is 9.46 Å². The molecule has 0 bridgehead atoms. The van der Waals surface area contributed by atoms with Gasteiger partial charge in [-0.15, -0.1) is 10.2 Å². The van der Waals surface area contributed by atoms with Gasteiger partial charge in [-0.25, -0.2) is 13.1 Å². The van der Waals surface area contributed by atoms with Crippen molar-refractivity contribution in [3.05, 3.63) is 59.4 Å². The molecule has 3 rings (SSSR count). The highest BCUT2D eigenvalue weighted by Crippen LogP contribution is 2.28. The molecule has 1 heterocycles. The molecule has 1 N–H and O–H groups in total. The van der Waals surface area contributed by atoms with Gasteiger partial charge in [0.15, 0.2) is 0 Å². The molecule has 0 amide bonds. The Morgan fingerprint density at radius 3 is 2.60 bits per heavy atom. The lowest BCUT2D eigenvalue weighted by molar-refractivity contribution is 0.413. The van der Waals surface area contributed by atoms with Crippen LogP contribution in [0.4, 0.5) is 0 Å². The molecule has 2 aromatic carbocycles. The van der Waals surface area contributed by atoms with Crippen LogP contribution in [0.15, 0.2) is 57.8 Å². The third kappa shape index (κ3) is 3.81. The molecule has 1 aromatic heterocycles. The van der Waals surface area contributed by atoms with Crippen molar-refractivity contribution in [1.82, 2.24) is 14.9 Å². The second-order valence-corrected chi connectivity index (χ2v) is 7.10. The molecule has 25 heavy (non-hydrogen) atoms. The molecule has 0 unspecified atom stereocenters. The van der Waals surface area contributed by atoms with E-state index in [4.69, 9.17) is 20.8 Å². The normalized spacial score (nSPS) is 11.4. The first-order valence-corrected chi connectivity index (χ1v) is 9.07. The Balaban J connectivity index is 1.77. The van der Waals surface area contributed by atoms with Crippen LogP contribution in [0.1, 0.15) is 5.89 Å². The third-order valence-corrected chi connectivity index (χ3v) is 5.24. The molecule has 0 aliphatic rings. The highest BCUT2D eigenvalue weighted by Gasteiger charge is 2.19. The first kappa shape index (κ1) is 17.4. The van der Waals surface area contributed by atoms with Crippen molar-refractivity contribution in [2.24, 2.45) is 0 Å². The molecule has 130 valence electrons. The Morgan fingerprint density at radius 2 is 1.84 bits per heavy atom. The number of methoxy groups -OCH3 is 1. The Kier molecular flexibility index (Phi) is 5.03. The summed E-state index contributed by atoms with van der Waals surface area (Å²) >= 11 is 5.92. The minimum atomic E-state index is -3.79. The summed E-state index contributed by atoms with van der Waals surface area (Å²) in [6, 6.07) is 13.3. The number of hydrogen-bond donors (Lipinski definition) is 1. The SMILES string of the molecule is COc1ccccc1-c1nnc(CNS(=O)(=O)c2ccccc2Cl)o1. The first-order valence-electron chi connectivity index (χ1n) is 7.21. The number of aromatic nitrogens is 2. The van der Waals surface area contributed by atoms with Crippen LogP contribution >= 0.6 is 11.6 Å². The number of halogens is 1. The molecule has 0 saturated carbocycles. The van der Waals surface area contributed by atoms with Gasteiger partial charge in [0.25, 0.3) is 5.89 Å². The quantitative estimate of drug-likeness (QED) is 0.707. The van der Waals surface area contributed by atoms with E-state index in [1.54, 1.807) is 24.3 Å². The second-order valence-electron chi connectivity index (χ2n) is 4.96. The zero-order chi connectivity index (χ0) is 17.9. The maximum atomic E-state index is 12.3. The lowest BCUT2D eigenvalue weighted by Gasteiger charge is -2.06. The van der Waals surface area contributed by atoms with E-state index in [0.717, 1.165) is 0 Å². The van der Waals surface area contributed by atoms with Crippen LogP contribution in [0, 0.1) is 0 Å². The zero-order valence-electron chi connectivity index (χ0n) is 13.1. The minimum Gasteiger partial charge on any atom is -0.496 e. The van der Waals surface area contributed by atoms with Crippen LogP contribution in [0.3, 0.4) is 0 Å². The van der Waals surface area contributed by atoms with Gasteiger partial charge in [-0.1, -0.05) is 35.9 Å². The number of ether oxygens (including phenoxy) is 1. The molecule has 0 atom stereocenters. The van der Waals surface area contributed by atoms with Gasteiger partial charge in [-0.3, -0.25) is 0 Å². The topological polar surface area (TPSA) is 94.3 Å². The average Bonchev–Trinajstić information content (AvgIpc) is 3.09. The minimum absolute atomic E-state index is 0.0128. The highest BCUT2D eigenvalue weighted by atomic mass is 35.5. The zero-order valence-corrected chi connectivity index (χ0v) is 14.7. The molecule has 7 nitrogen and oxygen atoms in total. The van der Waals surface area contributed by atoms with Gasteiger partial charge in [0.05, 0.1) is 24.2 Å². The molecule has 0 spiro atoms. The van der Waals surface area contributed by atoms with Crippen molar-refractivity contribution in [2.45, 2.75) is 11.4 Å². The number of rotatable bonds is 6. The van der Waals surface area contributed by atoms with E-state index >= 15 is 0 Å². The summed E-state index contributed by atoms with van der Waals surface area (Å²) in [6.07, 6.45) is 0. The van der Waals surface area contributed by atoms with E-state index in [2.05, 4.69) is 14.9 Å². The first-order chi connectivity index (χ1) is 12.0. The number of benzene rings is 2. The van der Waals surface area contributed by atoms with Crippen molar-refractivity contribution in [3.63, 3.8) is 0 Å². The van der Waals surface area contributed by atoms with Crippen molar-refractivity contribution >= 4 is 21.6 Å². The maximum absolute atomic E-state index is 12.3. The van der Waals surface area contributed by atoms with Gasteiger partial charge in [0.1, 0.15) is 10.6 Å². The molecule has 0 fully saturated rings. The number of para-hydroxylation sites is 1. The van der Waals surface area contributed by atoms with Gasteiger partial charge in [-0.2, -0.15) is 0 Å². The molecule has 0 saturated heterocycles. The van der Waals surface area contributed by atoms with E-state index < -0.39 is 10.0 Å². The van der Waals surface area contributed by atoms with Crippen molar-refractivity contribution < 1.29 is 17.6 Å². The fourth-order valence-electron chi connectivity index (χ4n) is 2.15. The van der Waals surface area contributed by atoms with Crippen LogP contribution in [-0.4, -0.2) is 25.7 Å². The van der Waals surface area contributed by atoms with Crippen molar-refractivity contribution in [1.29, 1.82) is 0 Å². The smallest absolute Gasteiger partial charge is 0.251 e. The van der Waals surface area contributed by atoms with Gasteiger partial charge in [-0.05, 0) is 24.3 Å². The van der Waals surface area contributed by atoms with E-state index in [1.807, 2.05) is 12.1 Å². The van der Waals surface area contributed by atoms with Gasteiger partial charge >= 0.3 is 0 Å². The molecular weight excluding hydrogens is 366 g/mol. The summed E-state index contributed by atoms with van der Waals surface area (Å²) in [5.74, 6) is 0.940. The van der Waals surface area contributed by atoms with E-state index in [-0.39, 0.29) is 28.2 Å². The number of hydrogen-bond acceptors (Lipinski definition) is 6. The lowest BCUT2D eigenvalue weighted by atomic mass is 10.2. The van der Waals surface area contributed by atoms with E-state index in [9.17, 15) is 8.42 Å². The Bertz CT molecular complexity index is 988. The monoisotopic (exact) mass is 379 g/mol. The number of nitrogens with zero attached hydrogens (tertiary/aromatic N) is 2. The van der Waals surface area contributed by atoms with Crippen LogP contribution in [0.5, 0.6) is 5.75 Å². The summed E-state index contributed by atoms with van der Waals surface area (Å²) in [5.41, 5.74) is 0.623. The molecule has 0 aliphatic carbocycles. The van der Waals surface area contributed by atoms with Crippen molar-refractivity contribution in [2.75, 3.05) is 7.11 Å². The molecule has 9 heteroatoms. The summed E-state index contributed by atoms with van der Waals surface area (Å²) in [7, 11) is -2.26. The van der Waals surface area contributed by atoms with Crippen LogP contribution in [0.25, 0.3) is 11.5 Å². The van der Waals surface area contributed by atoms with E-state index in [1.165, 1.54) is 19.2 Å². The molecule has 3 aromatic rings. The summed E-state index contributed by atoms with van der Waals surface area (Å²) in [6.45, 7) is -0.157. The standard InChI is InChI=1S/C16H14ClN3O4S/c1-23-13-8-4-2-6-11(13)16-20-19-15(24-16)10-18-25(21,22)14-9-5-3-7-12(14)17/h2-9,18H,10H2,1H3. The Hall–Kier alpha value is -2.42. The van der Waals surface area contributed by atoms with E-state index in [0.29, 0.717) is 11.3 Å². The lowest BCUT2D eigenvalue weighted by Crippen LogP contribution is -2.23. The average molecular weight is 380 g/mol. The van der Waals surface area contributed by atoms with Gasteiger partial charge in [0, 0.05) is 0 Å².